The van der Waals surface area contributed by atoms with Gasteiger partial charge in [0, 0.05) is 12.3 Å². The molecular formula is C28H44O2. The lowest BCUT2D eigenvalue weighted by Gasteiger charge is -2.62. The average molecular weight is 413 g/mol. The highest BCUT2D eigenvalue weighted by atomic mass is 16.5. The summed E-state index contributed by atoms with van der Waals surface area (Å²) < 4.78 is 5.83. The first-order valence-corrected chi connectivity index (χ1v) is 12.4. The third-order valence-corrected chi connectivity index (χ3v) is 11.1. The summed E-state index contributed by atoms with van der Waals surface area (Å²) in [7, 11) is 0. The summed E-state index contributed by atoms with van der Waals surface area (Å²) in [5.74, 6) is 1.83. The highest BCUT2D eigenvalue weighted by molar-refractivity contribution is 5.66. The van der Waals surface area contributed by atoms with Crippen LogP contribution in [0.5, 0.6) is 0 Å². The fourth-order valence-corrected chi connectivity index (χ4v) is 9.12. The van der Waals surface area contributed by atoms with Gasteiger partial charge in [0.1, 0.15) is 6.10 Å². The van der Waals surface area contributed by atoms with Crippen LogP contribution in [-0.2, 0) is 9.53 Å². The van der Waals surface area contributed by atoms with Crippen molar-refractivity contribution in [1.29, 1.82) is 0 Å². The molecule has 2 nitrogen and oxygen atoms in total. The lowest BCUT2D eigenvalue weighted by Crippen LogP contribution is -2.55. The van der Waals surface area contributed by atoms with Gasteiger partial charge in [-0.2, -0.15) is 0 Å². The van der Waals surface area contributed by atoms with Crippen LogP contribution in [0.2, 0.25) is 0 Å². The summed E-state index contributed by atoms with van der Waals surface area (Å²) in [4.78, 5) is 11.7. The van der Waals surface area contributed by atoms with E-state index in [1.807, 2.05) is 5.57 Å². The predicted molar refractivity (Wildman–Crippen MR) is 124 cm³/mol. The molecule has 4 rings (SSSR count). The van der Waals surface area contributed by atoms with E-state index in [4.69, 9.17) is 4.74 Å². The van der Waals surface area contributed by atoms with Gasteiger partial charge in [0.2, 0.25) is 0 Å². The van der Waals surface area contributed by atoms with E-state index in [-0.39, 0.29) is 22.9 Å². The van der Waals surface area contributed by atoms with Crippen molar-refractivity contribution < 1.29 is 9.53 Å². The van der Waals surface area contributed by atoms with Crippen LogP contribution in [0.1, 0.15) is 99.8 Å². The average Bonchev–Trinajstić information content (AvgIpc) is 2.95. The topological polar surface area (TPSA) is 26.3 Å². The Hall–Kier alpha value is -1.05. The van der Waals surface area contributed by atoms with Gasteiger partial charge in [-0.3, -0.25) is 4.79 Å². The van der Waals surface area contributed by atoms with Gasteiger partial charge in [-0.05, 0) is 85.4 Å². The molecule has 2 fully saturated rings. The fraction of sp³-hybridized carbons (Fsp3) is 0.821. The van der Waals surface area contributed by atoms with Crippen molar-refractivity contribution in [3.05, 3.63) is 23.8 Å². The second kappa shape index (κ2) is 6.97. The van der Waals surface area contributed by atoms with Crippen LogP contribution in [0.25, 0.3) is 0 Å². The van der Waals surface area contributed by atoms with Gasteiger partial charge in [0.05, 0.1) is 0 Å². The Balaban J connectivity index is 1.73. The van der Waals surface area contributed by atoms with Crippen molar-refractivity contribution in [3.63, 3.8) is 0 Å². The second-order valence-corrected chi connectivity index (χ2v) is 12.4. The lowest BCUT2D eigenvalue weighted by atomic mass is 9.43. The van der Waals surface area contributed by atoms with Crippen LogP contribution in [0.15, 0.2) is 23.8 Å². The highest BCUT2D eigenvalue weighted by Gasteiger charge is 2.63. The first-order valence-electron chi connectivity index (χ1n) is 12.4. The zero-order chi connectivity index (χ0) is 22.1. The summed E-state index contributed by atoms with van der Waals surface area (Å²) >= 11 is 0. The molecule has 0 radical (unpaired) electrons. The molecule has 0 N–H and O–H groups in total. The Labute approximate surface area is 184 Å². The number of ether oxygens (including phenoxy) is 1. The molecule has 0 saturated heterocycles. The van der Waals surface area contributed by atoms with Crippen molar-refractivity contribution in [2.45, 2.75) is 106 Å². The van der Waals surface area contributed by atoms with Crippen molar-refractivity contribution in [2.75, 3.05) is 0 Å². The largest absolute Gasteiger partial charge is 0.462 e. The van der Waals surface area contributed by atoms with E-state index in [2.05, 4.69) is 54.2 Å². The second-order valence-electron chi connectivity index (χ2n) is 12.4. The molecule has 0 amide bonds. The van der Waals surface area contributed by atoms with E-state index in [9.17, 15) is 4.79 Å². The molecule has 2 unspecified atom stereocenters. The van der Waals surface area contributed by atoms with Crippen LogP contribution in [0.4, 0.5) is 0 Å². The number of allylic oxidation sites excluding steroid dienone is 3. The molecule has 168 valence electrons. The maximum atomic E-state index is 11.7. The van der Waals surface area contributed by atoms with Gasteiger partial charge in [0.25, 0.3) is 0 Å². The maximum Gasteiger partial charge on any atom is 0.302 e. The zero-order valence-electron chi connectivity index (χ0n) is 20.6. The molecule has 0 heterocycles. The van der Waals surface area contributed by atoms with E-state index in [0.717, 1.165) is 18.8 Å². The zero-order valence-corrected chi connectivity index (χ0v) is 20.6. The van der Waals surface area contributed by atoms with E-state index >= 15 is 0 Å². The molecule has 0 aromatic heterocycles. The Morgan fingerprint density at radius 3 is 2.37 bits per heavy atom. The molecule has 2 heteroatoms. The van der Waals surface area contributed by atoms with E-state index in [0.29, 0.717) is 22.7 Å². The van der Waals surface area contributed by atoms with E-state index in [1.165, 1.54) is 38.5 Å². The standard InChI is InChI=1S/C28H44O2/c1-9-18(2)20-12-16-28(8)22-10-11-23-25(4,5)24(30-19(3)29)14-15-26(23,6)21(22)13-17-27(20,28)7/h9,18,20,23-24H,1,10-17H2,2-8H3/t18-,20-,23?,24?,26-,27-,28+/m1/s1. The third kappa shape index (κ3) is 2.77. The Morgan fingerprint density at radius 2 is 1.73 bits per heavy atom. The van der Waals surface area contributed by atoms with Gasteiger partial charge in [0.15, 0.2) is 0 Å². The fourth-order valence-electron chi connectivity index (χ4n) is 9.12. The monoisotopic (exact) mass is 412 g/mol. The number of carbonyl (C=O) groups is 1. The molecule has 0 aromatic carbocycles. The molecule has 4 aliphatic rings. The van der Waals surface area contributed by atoms with Crippen LogP contribution >= 0.6 is 0 Å². The maximum absolute atomic E-state index is 11.7. The molecule has 0 spiro atoms. The first kappa shape index (κ1) is 22.2. The van der Waals surface area contributed by atoms with E-state index in [1.54, 1.807) is 12.5 Å². The molecule has 0 bridgehead atoms. The smallest absolute Gasteiger partial charge is 0.302 e. The SMILES string of the molecule is C=C[C@@H](C)[C@H]1CC[C@@]2(C)C3=C(CC[C@]12C)[C@@]1(C)CCC(OC(C)=O)C(C)(C)C1CC3. The van der Waals surface area contributed by atoms with Crippen molar-refractivity contribution in [3.8, 4) is 0 Å². The normalized spacial score (nSPS) is 45.8. The summed E-state index contributed by atoms with van der Waals surface area (Å²) in [6, 6.07) is 0. The molecule has 7 atom stereocenters. The minimum atomic E-state index is -0.123. The van der Waals surface area contributed by atoms with Gasteiger partial charge in [-0.25, -0.2) is 0 Å². The van der Waals surface area contributed by atoms with Crippen LogP contribution in [0.3, 0.4) is 0 Å². The van der Waals surface area contributed by atoms with Crippen LogP contribution in [-0.4, -0.2) is 12.1 Å². The quantitative estimate of drug-likeness (QED) is 0.354. The van der Waals surface area contributed by atoms with Crippen molar-refractivity contribution in [2.24, 2.45) is 39.4 Å². The number of rotatable bonds is 3. The van der Waals surface area contributed by atoms with Gasteiger partial charge in [-0.15, -0.1) is 6.58 Å². The molecule has 4 aliphatic carbocycles. The summed E-state index contributed by atoms with van der Waals surface area (Å²) in [5, 5.41) is 0. The molecule has 2 saturated carbocycles. The molecule has 0 aliphatic heterocycles. The predicted octanol–water partition coefficient (Wildman–Crippen LogP) is 7.49. The summed E-state index contributed by atoms with van der Waals surface area (Å²) in [6.45, 7) is 20.6. The number of esters is 1. The van der Waals surface area contributed by atoms with Crippen LogP contribution < -0.4 is 0 Å². The lowest BCUT2D eigenvalue weighted by molar-refractivity contribution is -0.167. The number of carbonyl (C=O) groups excluding carboxylic acids is 1. The number of hydrogen-bond acceptors (Lipinski definition) is 2. The van der Waals surface area contributed by atoms with Crippen LogP contribution in [0, 0.1) is 39.4 Å². The van der Waals surface area contributed by atoms with Crippen molar-refractivity contribution in [1.82, 2.24) is 0 Å². The molecular weight excluding hydrogens is 368 g/mol. The Kier molecular flexibility index (Phi) is 5.15. The minimum Gasteiger partial charge on any atom is -0.462 e. The Bertz CT molecular complexity index is 776. The van der Waals surface area contributed by atoms with Gasteiger partial charge >= 0.3 is 5.97 Å². The molecule has 30 heavy (non-hydrogen) atoms. The number of fused-ring (bicyclic) bond motifs is 4. The van der Waals surface area contributed by atoms with Gasteiger partial charge in [-0.1, -0.05) is 58.8 Å². The minimum absolute atomic E-state index is 0.0361. The summed E-state index contributed by atoms with van der Waals surface area (Å²) in [6.07, 6.45) is 12.2. The van der Waals surface area contributed by atoms with E-state index < -0.39 is 0 Å². The Morgan fingerprint density at radius 1 is 1.03 bits per heavy atom. The third-order valence-electron chi connectivity index (χ3n) is 11.1. The number of hydrogen-bond donors (Lipinski definition) is 0. The summed E-state index contributed by atoms with van der Waals surface area (Å²) in [5.41, 5.74) is 4.67. The first-order chi connectivity index (χ1) is 13.9. The van der Waals surface area contributed by atoms with Gasteiger partial charge < -0.3 is 4.74 Å². The molecule has 0 aromatic rings. The van der Waals surface area contributed by atoms with Crippen molar-refractivity contribution >= 4 is 5.97 Å². The highest BCUT2D eigenvalue weighted by Crippen LogP contribution is 2.72.